The first-order valence-corrected chi connectivity index (χ1v) is 3.91. The highest BCUT2D eigenvalue weighted by Gasteiger charge is 1.81. The molecule has 0 unspecified atom stereocenters. The summed E-state index contributed by atoms with van der Waals surface area (Å²) in [6, 6.07) is 0. The zero-order valence-corrected chi connectivity index (χ0v) is 7.97. The molecular formula is C8H11I. The molecule has 0 atom stereocenters. The molecule has 0 saturated heterocycles. The molecule has 0 aromatic rings. The molecule has 0 heterocycles. The van der Waals surface area contributed by atoms with E-state index in [-0.39, 0.29) is 0 Å². The largest absolute Gasteiger partial charge is 0.0988 e. The average molecular weight is 234 g/mol. The van der Waals surface area contributed by atoms with Crippen LogP contribution in [0.1, 0.15) is 13.8 Å². The molecule has 0 radical (unpaired) electrons. The molecule has 0 nitrogen and oxygen atoms in total. The average Bonchev–Trinajstić information content (AvgIpc) is 1.87. The van der Waals surface area contributed by atoms with Gasteiger partial charge in [-0.1, -0.05) is 24.3 Å². The molecule has 9 heavy (non-hydrogen) atoms. The van der Waals surface area contributed by atoms with Crippen molar-refractivity contribution in [1.82, 2.24) is 0 Å². The van der Waals surface area contributed by atoms with Crippen molar-refractivity contribution in [3.8, 4) is 0 Å². The lowest BCUT2D eigenvalue weighted by atomic mass is 10.3. The van der Waals surface area contributed by atoms with Crippen LogP contribution in [0.15, 0.2) is 34.0 Å². The van der Waals surface area contributed by atoms with Crippen LogP contribution in [0, 0.1) is 0 Å². The molecule has 0 bridgehead atoms. The van der Waals surface area contributed by atoms with Crippen molar-refractivity contribution in [2.24, 2.45) is 0 Å². The Kier molecular flexibility index (Phi) is 4.77. The topological polar surface area (TPSA) is 0 Å². The summed E-state index contributed by atoms with van der Waals surface area (Å²) in [5, 5.41) is 0. The molecule has 1 heteroatoms. The molecule has 50 valence electrons. The Morgan fingerprint density at radius 1 is 1.56 bits per heavy atom. The van der Waals surface area contributed by atoms with Gasteiger partial charge in [-0.3, -0.25) is 0 Å². The van der Waals surface area contributed by atoms with Gasteiger partial charge in [-0.15, -0.1) is 0 Å². The maximum atomic E-state index is 3.65. The summed E-state index contributed by atoms with van der Waals surface area (Å²) < 4.78 is 1.25. The molecule has 0 aromatic carbocycles. The van der Waals surface area contributed by atoms with Crippen molar-refractivity contribution in [1.29, 1.82) is 0 Å². The second kappa shape index (κ2) is 4.79. The monoisotopic (exact) mass is 234 g/mol. The summed E-state index contributed by atoms with van der Waals surface area (Å²) in [5.41, 5.74) is 1.21. The van der Waals surface area contributed by atoms with Crippen molar-refractivity contribution < 1.29 is 0 Å². The number of hydrogen-bond acceptors (Lipinski definition) is 0. The van der Waals surface area contributed by atoms with Crippen molar-refractivity contribution in [2.75, 3.05) is 0 Å². The van der Waals surface area contributed by atoms with E-state index >= 15 is 0 Å². The van der Waals surface area contributed by atoms with Gasteiger partial charge in [0.15, 0.2) is 0 Å². The van der Waals surface area contributed by atoms with Crippen LogP contribution >= 0.6 is 22.6 Å². The van der Waals surface area contributed by atoms with E-state index in [0.29, 0.717) is 0 Å². The van der Waals surface area contributed by atoms with Gasteiger partial charge in [0.25, 0.3) is 0 Å². The van der Waals surface area contributed by atoms with Crippen LogP contribution in [-0.4, -0.2) is 0 Å². The first-order chi connectivity index (χ1) is 4.20. The smallest absolute Gasteiger partial charge is 0.00898 e. The normalized spacial score (nSPS) is 13.7. The Morgan fingerprint density at radius 3 is 2.44 bits per heavy atom. The Morgan fingerprint density at radius 2 is 2.11 bits per heavy atom. The highest BCUT2D eigenvalue weighted by Crippen LogP contribution is 2.09. The molecule has 0 rings (SSSR count). The Balaban J connectivity index is 4.11. The van der Waals surface area contributed by atoms with Gasteiger partial charge in [-0.05, 0) is 42.5 Å². The van der Waals surface area contributed by atoms with Crippen molar-refractivity contribution >= 4 is 22.6 Å². The van der Waals surface area contributed by atoms with Gasteiger partial charge in [-0.25, -0.2) is 0 Å². The highest BCUT2D eigenvalue weighted by atomic mass is 127. The van der Waals surface area contributed by atoms with Crippen LogP contribution in [0.4, 0.5) is 0 Å². The minimum atomic E-state index is 1.21. The van der Waals surface area contributed by atoms with Gasteiger partial charge in [0.05, 0.1) is 0 Å². The van der Waals surface area contributed by atoms with Gasteiger partial charge in [0.2, 0.25) is 0 Å². The number of allylic oxidation sites excluding steroid dienone is 5. The first-order valence-electron chi connectivity index (χ1n) is 2.83. The molecule has 0 fully saturated rings. The number of halogens is 1. The molecule has 0 aliphatic heterocycles. The van der Waals surface area contributed by atoms with Gasteiger partial charge in [0.1, 0.15) is 0 Å². The highest BCUT2D eigenvalue weighted by molar-refractivity contribution is 14.1. The summed E-state index contributed by atoms with van der Waals surface area (Å²) in [7, 11) is 0. The number of rotatable bonds is 2. The molecule has 0 aromatic heterocycles. The Labute approximate surface area is 70.5 Å². The predicted molar refractivity (Wildman–Crippen MR) is 51.7 cm³/mol. The second-order valence-corrected chi connectivity index (χ2v) is 3.01. The SMILES string of the molecule is C=C/C(C)=C\C(I)=C\C. The zero-order valence-electron chi connectivity index (χ0n) is 5.82. The maximum absolute atomic E-state index is 3.65. The van der Waals surface area contributed by atoms with Crippen LogP contribution in [0.3, 0.4) is 0 Å². The maximum Gasteiger partial charge on any atom is 0.00898 e. The van der Waals surface area contributed by atoms with Crippen LogP contribution in [0.25, 0.3) is 0 Å². The van der Waals surface area contributed by atoms with E-state index in [9.17, 15) is 0 Å². The zero-order chi connectivity index (χ0) is 7.28. The van der Waals surface area contributed by atoms with Crippen molar-refractivity contribution in [3.63, 3.8) is 0 Å². The van der Waals surface area contributed by atoms with Gasteiger partial charge < -0.3 is 0 Å². The minimum absolute atomic E-state index is 1.21. The van der Waals surface area contributed by atoms with Gasteiger partial charge in [-0.2, -0.15) is 0 Å². The van der Waals surface area contributed by atoms with Crippen LogP contribution < -0.4 is 0 Å². The van der Waals surface area contributed by atoms with Crippen LogP contribution in [-0.2, 0) is 0 Å². The van der Waals surface area contributed by atoms with Gasteiger partial charge in [0, 0.05) is 3.58 Å². The lowest BCUT2D eigenvalue weighted by Gasteiger charge is -1.88. The van der Waals surface area contributed by atoms with E-state index < -0.39 is 0 Å². The summed E-state index contributed by atoms with van der Waals surface area (Å²) in [4.78, 5) is 0. The molecule has 0 spiro atoms. The van der Waals surface area contributed by atoms with E-state index in [0.717, 1.165) is 0 Å². The third-order valence-corrected chi connectivity index (χ3v) is 1.90. The quantitative estimate of drug-likeness (QED) is 0.507. The summed E-state index contributed by atoms with van der Waals surface area (Å²) in [5.74, 6) is 0. The molecule has 0 saturated carbocycles. The third-order valence-electron chi connectivity index (χ3n) is 0.963. The summed E-state index contributed by atoms with van der Waals surface area (Å²) >= 11 is 2.28. The minimum Gasteiger partial charge on any atom is -0.0988 e. The fraction of sp³-hybridized carbons (Fsp3) is 0.250. The van der Waals surface area contributed by atoms with Crippen LogP contribution in [0.5, 0.6) is 0 Å². The fourth-order valence-electron chi connectivity index (χ4n) is 0.360. The first kappa shape index (κ1) is 8.95. The van der Waals surface area contributed by atoms with Crippen LogP contribution in [0.2, 0.25) is 0 Å². The molecule has 0 aliphatic rings. The molecule has 0 N–H and O–H groups in total. The predicted octanol–water partition coefficient (Wildman–Crippen LogP) is 3.46. The molecule has 0 aliphatic carbocycles. The van der Waals surface area contributed by atoms with Crippen molar-refractivity contribution in [3.05, 3.63) is 34.0 Å². The lowest BCUT2D eigenvalue weighted by Crippen LogP contribution is -1.65. The Hall–Kier alpha value is -0.0500. The number of hydrogen-bond donors (Lipinski definition) is 0. The summed E-state index contributed by atoms with van der Waals surface area (Å²) in [6.45, 7) is 7.71. The lowest BCUT2D eigenvalue weighted by molar-refractivity contribution is 1.52. The third kappa shape index (κ3) is 4.45. The van der Waals surface area contributed by atoms with E-state index in [1.165, 1.54) is 9.15 Å². The Bertz CT molecular complexity index is 152. The standard InChI is InChI=1S/C8H11I/c1-4-7(3)6-8(9)5-2/h4-6H,1H2,2-3H3/b7-6-,8-5-. The van der Waals surface area contributed by atoms with E-state index in [1.807, 2.05) is 19.9 Å². The second-order valence-electron chi connectivity index (χ2n) is 1.77. The van der Waals surface area contributed by atoms with E-state index in [2.05, 4.69) is 41.3 Å². The van der Waals surface area contributed by atoms with Crippen molar-refractivity contribution in [2.45, 2.75) is 13.8 Å². The summed E-state index contributed by atoms with van der Waals surface area (Å²) in [6.07, 6.45) is 6.00. The van der Waals surface area contributed by atoms with E-state index in [4.69, 9.17) is 0 Å². The fourth-order valence-corrected chi connectivity index (χ4v) is 0.851. The molecular weight excluding hydrogens is 223 g/mol. The molecule has 0 amide bonds. The van der Waals surface area contributed by atoms with E-state index in [1.54, 1.807) is 0 Å². The van der Waals surface area contributed by atoms with Gasteiger partial charge >= 0.3 is 0 Å².